The fourth-order valence-corrected chi connectivity index (χ4v) is 5.12. The Balaban J connectivity index is 1.83. The Morgan fingerprint density at radius 1 is 1.37 bits per heavy atom. The molecule has 2 fully saturated rings. The topological polar surface area (TPSA) is 15.3 Å². The lowest BCUT2D eigenvalue weighted by molar-refractivity contribution is -0.0111. The molecule has 0 aliphatic carbocycles. The van der Waals surface area contributed by atoms with E-state index >= 15 is 0 Å². The fourth-order valence-electron chi connectivity index (χ4n) is 4.20. The molecule has 1 N–H and O–H groups in total. The molecule has 0 saturated carbocycles. The van der Waals surface area contributed by atoms with E-state index in [9.17, 15) is 0 Å². The minimum absolute atomic E-state index is 0.660. The fraction of sp³-hybridized carbons (Fsp3) is 0.750. The molecule has 3 atom stereocenters. The van der Waals surface area contributed by atoms with Gasteiger partial charge in [0, 0.05) is 29.0 Å². The number of thiophene rings is 1. The van der Waals surface area contributed by atoms with Gasteiger partial charge in [-0.3, -0.25) is 4.90 Å². The van der Waals surface area contributed by atoms with Crippen LogP contribution in [-0.2, 0) is 0 Å². The van der Waals surface area contributed by atoms with E-state index < -0.39 is 0 Å². The second-order valence-electron chi connectivity index (χ2n) is 6.08. The highest BCUT2D eigenvalue weighted by Gasteiger charge is 2.41. The second kappa shape index (κ2) is 5.94. The zero-order valence-electron chi connectivity index (χ0n) is 12.1. The van der Waals surface area contributed by atoms with E-state index in [1.165, 1.54) is 38.5 Å². The predicted octanol–water partition coefficient (Wildman–Crippen LogP) is 3.80. The van der Waals surface area contributed by atoms with E-state index in [1.807, 2.05) is 11.3 Å². The zero-order valence-corrected chi connectivity index (χ0v) is 13.0. The molecule has 3 heterocycles. The van der Waals surface area contributed by atoms with Crippen molar-refractivity contribution in [3.05, 3.63) is 22.4 Å². The van der Waals surface area contributed by atoms with Crippen molar-refractivity contribution in [3.8, 4) is 0 Å². The molecule has 0 radical (unpaired) electrons. The quantitative estimate of drug-likeness (QED) is 0.901. The van der Waals surface area contributed by atoms with E-state index in [-0.39, 0.29) is 0 Å². The van der Waals surface area contributed by atoms with Gasteiger partial charge >= 0.3 is 0 Å². The number of hydrogen-bond acceptors (Lipinski definition) is 3. The third-order valence-corrected chi connectivity index (χ3v) is 6.03. The lowest BCUT2D eigenvalue weighted by atomic mass is 9.80. The number of fused-ring (bicyclic) bond motifs is 2. The average molecular weight is 278 g/mol. The number of nitrogens with zero attached hydrogens (tertiary/aromatic N) is 1. The maximum Gasteiger partial charge on any atom is 0.0444 e. The van der Waals surface area contributed by atoms with Crippen LogP contribution in [0.25, 0.3) is 0 Å². The molecular formula is C16H26N2S. The van der Waals surface area contributed by atoms with Crippen LogP contribution in [-0.4, -0.2) is 30.1 Å². The van der Waals surface area contributed by atoms with Crippen LogP contribution in [0.1, 0.15) is 56.4 Å². The van der Waals surface area contributed by atoms with Gasteiger partial charge in [-0.15, -0.1) is 11.3 Å². The molecule has 106 valence electrons. The van der Waals surface area contributed by atoms with Crippen molar-refractivity contribution in [1.29, 1.82) is 0 Å². The summed E-state index contributed by atoms with van der Waals surface area (Å²) in [6.45, 7) is 2.35. The van der Waals surface area contributed by atoms with Crippen LogP contribution < -0.4 is 5.32 Å². The van der Waals surface area contributed by atoms with Crippen molar-refractivity contribution in [1.82, 2.24) is 10.2 Å². The average Bonchev–Trinajstić information content (AvgIpc) is 2.93. The normalized spacial score (nSPS) is 33.3. The van der Waals surface area contributed by atoms with E-state index in [4.69, 9.17) is 0 Å². The molecule has 2 bridgehead atoms. The Labute approximate surface area is 121 Å². The third-order valence-electron chi connectivity index (χ3n) is 5.06. The molecule has 1 aromatic heterocycles. The first-order valence-corrected chi connectivity index (χ1v) is 8.69. The van der Waals surface area contributed by atoms with Gasteiger partial charge in [-0.25, -0.2) is 0 Å². The molecule has 0 aromatic carbocycles. The van der Waals surface area contributed by atoms with Crippen LogP contribution in [0.3, 0.4) is 0 Å². The number of nitrogens with one attached hydrogen (secondary N) is 1. The van der Waals surface area contributed by atoms with Crippen LogP contribution in [0.5, 0.6) is 0 Å². The summed E-state index contributed by atoms with van der Waals surface area (Å²) in [5, 5.41) is 5.75. The molecule has 0 spiro atoms. The number of piperidine rings is 2. The van der Waals surface area contributed by atoms with Crippen LogP contribution in [0.4, 0.5) is 0 Å². The first kappa shape index (κ1) is 13.6. The van der Waals surface area contributed by atoms with Crippen LogP contribution in [0.2, 0.25) is 0 Å². The Kier molecular flexibility index (Phi) is 4.25. The molecule has 3 rings (SSSR count). The first-order chi connectivity index (χ1) is 9.33. The van der Waals surface area contributed by atoms with Gasteiger partial charge in [0.25, 0.3) is 0 Å². The number of hydrogen-bond donors (Lipinski definition) is 1. The molecule has 2 saturated heterocycles. The minimum Gasteiger partial charge on any atom is -0.317 e. The highest BCUT2D eigenvalue weighted by Crippen LogP contribution is 2.42. The lowest BCUT2D eigenvalue weighted by Gasteiger charge is -2.52. The van der Waals surface area contributed by atoms with E-state index in [2.05, 4.69) is 41.7 Å². The van der Waals surface area contributed by atoms with Crippen LogP contribution in [0, 0.1) is 0 Å². The Morgan fingerprint density at radius 2 is 2.11 bits per heavy atom. The van der Waals surface area contributed by atoms with Gasteiger partial charge in [0.1, 0.15) is 0 Å². The smallest absolute Gasteiger partial charge is 0.0444 e. The van der Waals surface area contributed by atoms with Gasteiger partial charge in [0.2, 0.25) is 0 Å². The van der Waals surface area contributed by atoms with Crippen LogP contribution >= 0.6 is 11.3 Å². The van der Waals surface area contributed by atoms with Crippen molar-refractivity contribution in [2.24, 2.45) is 0 Å². The Morgan fingerprint density at radius 3 is 2.63 bits per heavy atom. The highest BCUT2D eigenvalue weighted by atomic mass is 32.1. The summed E-state index contributed by atoms with van der Waals surface area (Å²) in [6, 6.07) is 7.55. The largest absolute Gasteiger partial charge is 0.317 e. The van der Waals surface area contributed by atoms with Crippen LogP contribution in [0.15, 0.2) is 17.5 Å². The minimum atomic E-state index is 0.660. The highest BCUT2D eigenvalue weighted by molar-refractivity contribution is 7.10. The molecule has 2 aliphatic rings. The van der Waals surface area contributed by atoms with Gasteiger partial charge in [0.15, 0.2) is 0 Å². The summed E-state index contributed by atoms with van der Waals surface area (Å²) < 4.78 is 0. The molecule has 2 aliphatic heterocycles. The van der Waals surface area contributed by atoms with Crippen molar-refractivity contribution in [3.63, 3.8) is 0 Å². The van der Waals surface area contributed by atoms with E-state index in [1.54, 1.807) is 4.88 Å². The first-order valence-electron chi connectivity index (χ1n) is 7.81. The maximum absolute atomic E-state index is 3.52. The SMILES string of the molecule is CCC(c1cccs1)N1C2CCCC1CC(NC)C2. The van der Waals surface area contributed by atoms with Crippen molar-refractivity contribution in [2.45, 2.75) is 69.6 Å². The van der Waals surface area contributed by atoms with Gasteiger partial charge in [-0.1, -0.05) is 19.4 Å². The van der Waals surface area contributed by atoms with E-state index in [0.717, 1.165) is 18.1 Å². The molecule has 1 aromatic rings. The Hall–Kier alpha value is -0.380. The standard InChI is InChI=1S/C16H26N2S/c1-3-15(16-8-5-9-19-16)18-13-6-4-7-14(18)11-12(10-13)17-2/h5,8-9,12-15,17H,3-4,6-7,10-11H2,1-2H3. The Bertz CT molecular complexity index is 375. The zero-order chi connectivity index (χ0) is 13.2. The van der Waals surface area contributed by atoms with Crippen molar-refractivity contribution >= 4 is 11.3 Å². The number of rotatable bonds is 4. The van der Waals surface area contributed by atoms with E-state index in [0.29, 0.717) is 6.04 Å². The summed E-state index contributed by atoms with van der Waals surface area (Å²) in [7, 11) is 2.13. The van der Waals surface area contributed by atoms with Gasteiger partial charge in [-0.05, 0) is 50.6 Å². The third kappa shape index (κ3) is 2.61. The summed E-state index contributed by atoms with van der Waals surface area (Å²) in [5.41, 5.74) is 0. The molecular weight excluding hydrogens is 252 g/mol. The lowest BCUT2D eigenvalue weighted by Crippen LogP contribution is -2.56. The summed E-state index contributed by atoms with van der Waals surface area (Å²) >= 11 is 1.94. The molecule has 3 heteroatoms. The maximum atomic E-state index is 3.52. The molecule has 2 nitrogen and oxygen atoms in total. The second-order valence-corrected chi connectivity index (χ2v) is 7.06. The summed E-state index contributed by atoms with van der Waals surface area (Å²) in [6.07, 6.45) is 8.16. The van der Waals surface area contributed by atoms with Crippen molar-refractivity contribution < 1.29 is 0 Å². The van der Waals surface area contributed by atoms with Gasteiger partial charge < -0.3 is 5.32 Å². The summed E-state index contributed by atoms with van der Waals surface area (Å²) in [4.78, 5) is 4.45. The molecule has 3 unspecified atom stereocenters. The van der Waals surface area contributed by atoms with Crippen molar-refractivity contribution in [2.75, 3.05) is 7.05 Å². The predicted molar refractivity (Wildman–Crippen MR) is 82.7 cm³/mol. The summed E-state index contributed by atoms with van der Waals surface area (Å²) in [5.74, 6) is 0. The van der Waals surface area contributed by atoms with Gasteiger partial charge in [-0.2, -0.15) is 0 Å². The molecule has 19 heavy (non-hydrogen) atoms. The molecule has 0 amide bonds. The monoisotopic (exact) mass is 278 g/mol. The van der Waals surface area contributed by atoms with Gasteiger partial charge in [0.05, 0.1) is 0 Å².